The lowest BCUT2D eigenvalue weighted by Crippen LogP contribution is -2.34. The van der Waals surface area contributed by atoms with E-state index < -0.39 is 0 Å². The minimum Gasteiger partial charge on any atom is -0.354 e. The number of hydrogen-bond acceptors (Lipinski definition) is 3. The molecule has 0 spiro atoms. The van der Waals surface area contributed by atoms with Gasteiger partial charge in [0.1, 0.15) is 0 Å². The van der Waals surface area contributed by atoms with Crippen molar-refractivity contribution in [2.24, 2.45) is 0 Å². The van der Waals surface area contributed by atoms with Gasteiger partial charge in [0.25, 0.3) is 0 Å². The van der Waals surface area contributed by atoms with Crippen LogP contribution in [0.4, 0.5) is 0 Å². The van der Waals surface area contributed by atoms with Crippen molar-refractivity contribution in [1.82, 2.24) is 5.32 Å². The highest BCUT2D eigenvalue weighted by Crippen LogP contribution is 2.28. The maximum Gasteiger partial charge on any atom is 0.233 e. The first-order valence-electron chi connectivity index (χ1n) is 8.50. The average Bonchev–Trinajstić information content (AvgIpc) is 2.59. The molecule has 0 bridgehead atoms. The van der Waals surface area contributed by atoms with Gasteiger partial charge in [-0.3, -0.25) is 4.79 Å². The molecule has 128 valence electrons. The Morgan fingerprint density at radius 1 is 1.26 bits per heavy atom. The minimum atomic E-state index is -0.0316. The highest BCUT2D eigenvalue weighted by atomic mass is 35.5. The zero-order valence-electron chi connectivity index (χ0n) is 13.7. The molecule has 1 aromatic rings. The predicted octanol–water partition coefficient (Wildman–Crippen LogP) is 5.39. The van der Waals surface area contributed by atoms with Crippen molar-refractivity contribution in [2.45, 2.75) is 60.8 Å². The second-order valence-electron chi connectivity index (χ2n) is 5.89. The Balaban J connectivity index is 1.68. The number of carbonyl (C=O) groups is 1. The third-order valence-corrected chi connectivity index (χ3v) is 7.07. The Bertz CT molecular complexity index is 474. The van der Waals surface area contributed by atoms with E-state index in [4.69, 9.17) is 11.6 Å². The van der Waals surface area contributed by atoms with Gasteiger partial charge in [-0.15, -0.1) is 11.8 Å². The van der Waals surface area contributed by atoms with Crippen molar-refractivity contribution in [3.05, 3.63) is 29.3 Å². The SMILES string of the molecule is CC[C@@H](Sc1ccc(Cl)cc1)C(=O)NCCSC1CCCCC1. The van der Waals surface area contributed by atoms with Gasteiger partial charge in [0.05, 0.1) is 5.25 Å². The summed E-state index contributed by atoms with van der Waals surface area (Å²) in [7, 11) is 0. The predicted molar refractivity (Wildman–Crippen MR) is 104 cm³/mol. The molecule has 1 saturated carbocycles. The Hall–Kier alpha value is -0.320. The third kappa shape index (κ3) is 6.98. The van der Waals surface area contributed by atoms with Crippen LogP contribution in [0, 0.1) is 0 Å². The summed E-state index contributed by atoms with van der Waals surface area (Å²) in [5, 5.41) is 4.61. The summed E-state index contributed by atoms with van der Waals surface area (Å²) >= 11 is 9.54. The summed E-state index contributed by atoms with van der Waals surface area (Å²) in [4.78, 5) is 13.4. The Kier molecular flexibility index (Phi) is 8.70. The quantitative estimate of drug-likeness (QED) is 0.490. The summed E-state index contributed by atoms with van der Waals surface area (Å²) in [5.74, 6) is 1.18. The van der Waals surface area contributed by atoms with E-state index in [1.165, 1.54) is 32.1 Å². The number of nitrogens with one attached hydrogen (secondary N) is 1. The van der Waals surface area contributed by atoms with Crippen LogP contribution in [-0.2, 0) is 4.79 Å². The largest absolute Gasteiger partial charge is 0.354 e. The molecule has 2 nitrogen and oxygen atoms in total. The summed E-state index contributed by atoms with van der Waals surface area (Å²) in [6, 6.07) is 7.69. The van der Waals surface area contributed by atoms with E-state index in [0.29, 0.717) is 0 Å². The molecule has 23 heavy (non-hydrogen) atoms. The molecule has 0 unspecified atom stereocenters. The first kappa shape index (κ1) is 19.0. The van der Waals surface area contributed by atoms with Crippen molar-refractivity contribution < 1.29 is 4.79 Å². The summed E-state index contributed by atoms with van der Waals surface area (Å²) < 4.78 is 0. The van der Waals surface area contributed by atoms with Gasteiger partial charge < -0.3 is 5.32 Å². The smallest absolute Gasteiger partial charge is 0.233 e. The number of carbonyl (C=O) groups excluding carboxylic acids is 1. The molecule has 0 radical (unpaired) electrons. The van der Waals surface area contributed by atoms with Crippen LogP contribution in [0.15, 0.2) is 29.2 Å². The van der Waals surface area contributed by atoms with Gasteiger partial charge in [0, 0.05) is 27.5 Å². The van der Waals surface area contributed by atoms with Crippen molar-refractivity contribution in [1.29, 1.82) is 0 Å². The molecule has 1 atom stereocenters. The number of rotatable bonds is 8. The molecule has 1 N–H and O–H groups in total. The van der Waals surface area contributed by atoms with Crippen LogP contribution >= 0.6 is 35.1 Å². The van der Waals surface area contributed by atoms with Gasteiger partial charge in [-0.05, 0) is 43.5 Å². The van der Waals surface area contributed by atoms with Crippen LogP contribution in [0.5, 0.6) is 0 Å². The van der Waals surface area contributed by atoms with Crippen molar-refractivity contribution in [3.63, 3.8) is 0 Å². The lowest BCUT2D eigenvalue weighted by Gasteiger charge is -2.21. The Labute approximate surface area is 153 Å². The third-order valence-electron chi connectivity index (χ3n) is 4.06. The maximum absolute atomic E-state index is 12.3. The van der Waals surface area contributed by atoms with Crippen LogP contribution in [0.1, 0.15) is 45.4 Å². The molecule has 2 rings (SSSR count). The van der Waals surface area contributed by atoms with Gasteiger partial charge in [0.15, 0.2) is 0 Å². The number of amides is 1. The molecule has 1 aliphatic rings. The fraction of sp³-hybridized carbons (Fsp3) is 0.611. The molecule has 1 aromatic carbocycles. The molecule has 1 fully saturated rings. The molecule has 0 aromatic heterocycles. The van der Waals surface area contributed by atoms with Crippen molar-refractivity contribution in [3.8, 4) is 0 Å². The monoisotopic (exact) mass is 371 g/mol. The van der Waals surface area contributed by atoms with Crippen molar-refractivity contribution in [2.75, 3.05) is 12.3 Å². The molecule has 1 amide bonds. The van der Waals surface area contributed by atoms with Crippen LogP contribution in [-0.4, -0.2) is 28.7 Å². The van der Waals surface area contributed by atoms with E-state index in [0.717, 1.165) is 33.9 Å². The molecule has 0 aliphatic heterocycles. The van der Waals surface area contributed by atoms with Crippen LogP contribution < -0.4 is 5.32 Å². The molecule has 5 heteroatoms. The van der Waals surface area contributed by atoms with Gasteiger partial charge >= 0.3 is 0 Å². The van der Waals surface area contributed by atoms with Gasteiger partial charge in [-0.25, -0.2) is 0 Å². The number of halogens is 1. The topological polar surface area (TPSA) is 29.1 Å². The molecule has 1 aliphatic carbocycles. The first-order valence-corrected chi connectivity index (χ1v) is 10.8. The van der Waals surface area contributed by atoms with Gasteiger partial charge in [-0.2, -0.15) is 11.8 Å². The van der Waals surface area contributed by atoms with Crippen LogP contribution in [0.3, 0.4) is 0 Å². The zero-order chi connectivity index (χ0) is 16.5. The minimum absolute atomic E-state index is 0.0316. The highest BCUT2D eigenvalue weighted by Gasteiger charge is 2.18. The summed E-state index contributed by atoms with van der Waals surface area (Å²) in [5.41, 5.74) is 0. The van der Waals surface area contributed by atoms with Crippen LogP contribution in [0.2, 0.25) is 5.02 Å². The van der Waals surface area contributed by atoms with E-state index in [-0.39, 0.29) is 11.2 Å². The zero-order valence-corrected chi connectivity index (χ0v) is 16.1. The number of thioether (sulfide) groups is 2. The maximum atomic E-state index is 12.3. The molecular formula is C18H26ClNOS2. The second kappa shape index (κ2) is 10.5. The number of hydrogen-bond donors (Lipinski definition) is 1. The Morgan fingerprint density at radius 3 is 2.61 bits per heavy atom. The average molecular weight is 372 g/mol. The first-order chi connectivity index (χ1) is 11.2. The second-order valence-corrected chi connectivity index (χ2v) is 9.01. The normalized spacial score (nSPS) is 17.0. The lowest BCUT2D eigenvalue weighted by atomic mass is 10.0. The van der Waals surface area contributed by atoms with Gasteiger partial charge in [-0.1, -0.05) is 37.8 Å². The van der Waals surface area contributed by atoms with E-state index in [1.807, 2.05) is 36.0 Å². The standard InChI is InChI=1S/C18H26ClNOS2/c1-2-17(23-16-10-8-14(19)9-11-16)18(21)20-12-13-22-15-6-4-3-5-7-15/h8-11,15,17H,2-7,12-13H2,1H3,(H,20,21)/t17-/m1/s1. The van der Waals surface area contributed by atoms with Crippen LogP contribution in [0.25, 0.3) is 0 Å². The molecule has 0 heterocycles. The van der Waals surface area contributed by atoms with E-state index in [1.54, 1.807) is 11.8 Å². The highest BCUT2D eigenvalue weighted by molar-refractivity contribution is 8.00. The van der Waals surface area contributed by atoms with Gasteiger partial charge in [0.2, 0.25) is 5.91 Å². The van der Waals surface area contributed by atoms with E-state index in [9.17, 15) is 4.79 Å². The summed E-state index contributed by atoms with van der Waals surface area (Å²) in [6.45, 7) is 2.83. The fourth-order valence-corrected chi connectivity index (χ4v) is 5.07. The molecule has 0 saturated heterocycles. The Morgan fingerprint density at radius 2 is 1.96 bits per heavy atom. The summed E-state index contributed by atoms with van der Waals surface area (Å²) in [6.07, 6.45) is 7.67. The molecular weight excluding hydrogens is 346 g/mol. The van der Waals surface area contributed by atoms with E-state index >= 15 is 0 Å². The number of benzene rings is 1. The lowest BCUT2D eigenvalue weighted by molar-refractivity contribution is -0.120. The van der Waals surface area contributed by atoms with Crippen molar-refractivity contribution >= 4 is 41.0 Å². The van der Waals surface area contributed by atoms with E-state index in [2.05, 4.69) is 12.2 Å². The fourth-order valence-electron chi connectivity index (χ4n) is 2.75.